The minimum absolute atomic E-state index is 0.145. The van der Waals surface area contributed by atoms with Gasteiger partial charge in [-0.3, -0.25) is 9.59 Å². The molecule has 0 spiro atoms. The van der Waals surface area contributed by atoms with Gasteiger partial charge in [-0.15, -0.1) is 0 Å². The summed E-state index contributed by atoms with van der Waals surface area (Å²) in [5, 5.41) is 2.87. The third-order valence-corrected chi connectivity index (χ3v) is 4.92. The van der Waals surface area contributed by atoms with Gasteiger partial charge in [-0.05, 0) is 50.6 Å². The van der Waals surface area contributed by atoms with Crippen LogP contribution >= 0.6 is 0 Å². The number of hydrogen-bond acceptors (Lipinski definition) is 4. The molecule has 0 bridgehead atoms. The number of amides is 2. The summed E-state index contributed by atoms with van der Waals surface area (Å²) in [5.74, 6) is 0.486. The standard InChI is InChI=1S/C21H26N4O2/c1-16-7-6-8-17(15-16)23-19(26)21(2,3)20(27)25-13-11-24(12-14-25)18-9-4-5-10-22-18/h4-10,15H,11-14H2,1-3H3,(H,23,26). The Kier molecular flexibility index (Phi) is 5.44. The number of hydrogen-bond donors (Lipinski definition) is 1. The summed E-state index contributed by atoms with van der Waals surface area (Å²) in [6, 6.07) is 13.4. The lowest BCUT2D eigenvalue weighted by Gasteiger charge is -2.38. The number of pyridine rings is 1. The molecule has 6 nitrogen and oxygen atoms in total. The highest BCUT2D eigenvalue weighted by molar-refractivity contribution is 6.09. The zero-order valence-electron chi connectivity index (χ0n) is 16.1. The van der Waals surface area contributed by atoms with Crippen molar-refractivity contribution in [2.75, 3.05) is 36.4 Å². The smallest absolute Gasteiger partial charge is 0.239 e. The van der Waals surface area contributed by atoms with Gasteiger partial charge in [-0.1, -0.05) is 18.2 Å². The van der Waals surface area contributed by atoms with Gasteiger partial charge in [0, 0.05) is 38.1 Å². The normalized spacial score (nSPS) is 14.8. The Balaban J connectivity index is 1.61. The fraction of sp³-hybridized carbons (Fsp3) is 0.381. The summed E-state index contributed by atoms with van der Waals surface area (Å²) >= 11 is 0. The Morgan fingerprint density at radius 2 is 1.78 bits per heavy atom. The molecule has 1 aromatic carbocycles. The van der Waals surface area contributed by atoms with Crippen LogP contribution in [0.1, 0.15) is 19.4 Å². The molecule has 3 rings (SSSR count). The van der Waals surface area contributed by atoms with Gasteiger partial charge in [0.1, 0.15) is 11.2 Å². The molecule has 0 saturated carbocycles. The first kappa shape index (κ1) is 18.9. The van der Waals surface area contributed by atoms with E-state index in [2.05, 4.69) is 15.2 Å². The fourth-order valence-electron chi connectivity index (χ4n) is 3.18. The van der Waals surface area contributed by atoms with Crippen molar-refractivity contribution in [2.45, 2.75) is 20.8 Å². The first-order valence-corrected chi connectivity index (χ1v) is 9.21. The predicted molar refractivity (Wildman–Crippen MR) is 107 cm³/mol. The number of carbonyl (C=O) groups excluding carboxylic acids is 2. The van der Waals surface area contributed by atoms with Gasteiger partial charge in [0.15, 0.2) is 0 Å². The van der Waals surface area contributed by atoms with E-state index in [0.717, 1.165) is 11.4 Å². The summed E-state index contributed by atoms with van der Waals surface area (Å²) in [6.45, 7) is 7.91. The quantitative estimate of drug-likeness (QED) is 0.845. The molecule has 1 aliphatic rings. The number of anilines is 2. The van der Waals surface area contributed by atoms with E-state index in [-0.39, 0.29) is 11.8 Å². The summed E-state index contributed by atoms with van der Waals surface area (Å²) in [5.41, 5.74) is 0.639. The number of rotatable bonds is 4. The average Bonchev–Trinajstić information content (AvgIpc) is 2.68. The van der Waals surface area contributed by atoms with Crippen molar-refractivity contribution in [1.29, 1.82) is 0 Å². The number of nitrogens with zero attached hydrogens (tertiary/aromatic N) is 3. The molecule has 1 aliphatic heterocycles. The van der Waals surface area contributed by atoms with E-state index in [1.165, 1.54) is 0 Å². The van der Waals surface area contributed by atoms with E-state index >= 15 is 0 Å². The molecule has 2 amide bonds. The van der Waals surface area contributed by atoms with E-state index in [1.54, 1.807) is 24.9 Å². The van der Waals surface area contributed by atoms with Crippen LogP contribution in [-0.4, -0.2) is 47.9 Å². The predicted octanol–water partition coefficient (Wildman–Crippen LogP) is 2.70. The summed E-state index contributed by atoms with van der Waals surface area (Å²) in [4.78, 5) is 34.0. The van der Waals surface area contributed by atoms with Gasteiger partial charge in [0.05, 0.1) is 0 Å². The highest BCUT2D eigenvalue weighted by Gasteiger charge is 2.40. The summed E-state index contributed by atoms with van der Waals surface area (Å²) < 4.78 is 0. The van der Waals surface area contributed by atoms with Gasteiger partial charge in [0.2, 0.25) is 11.8 Å². The zero-order chi connectivity index (χ0) is 19.4. The molecule has 1 N–H and O–H groups in total. The van der Waals surface area contributed by atoms with Crippen LogP contribution < -0.4 is 10.2 Å². The molecule has 1 fully saturated rings. The van der Waals surface area contributed by atoms with Crippen molar-refractivity contribution in [2.24, 2.45) is 5.41 Å². The van der Waals surface area contributed by atoms with Crippen LogP contribution in [-0.2, 0) is 9.59 Å². The van der Waals surface area contributed by atoms with Crippen LogP contribution in [0.2, 0.25) is 0 Å². The number of benzene rings is 1. The van der Waals surface area contributed by atoms with Crippen molar-refractivity contribution in [3.63, 3.8) is 0 Å². The molecule has 2 aromatic rings. The molecule has 2 heterocycles. The number of piperazine rings is 1. The molecule has 0 unspecified atom stereocenters. The van der Waals surface area contributed by atoms with Gasteiger partial charge < -0.3 is 15.1 Å². The third kappa shape index (κ3) is 4.27. The second kappa shape index (κ2) is 7.78. The van der Waals surface area contributed by atoms with E-state index in [0.29, 0.717) is 31.9 Å². The molecule has 142 valence electrons. The molecule has 0 radical (unpaired) electrons. The average molecular weight is 366 g/mol. The lowest BCUT2D eigenvalue weighted by atomic mass is 9.89. The van der Waals surface area contributed by atoms with Crippen LogP contribution in [0.3, 0.4) is 0 Å². The minimum atomic E-state index is -1.13. The lowest BCUT2D eigenvalue weighted by Crippen LogP contribution is -2.54. The van der Waals surface area contributed by atoms with Crippen molar-refractivity contribution >= 4 is 23.3 Å². The molecule has 1 saturated heterocycles. The van der Waals surface area contributed by atoms with Gasteiger partial charge >= 0.3 is 0 Å². The highest BCUT2D eigenvalue weighted by Crippen LogP contribution is 2.24. The van der Waals surface area contributed by atoms with E-state index in [1.807, 2.05) is 49.4 Å². The molecular weight excluding hydrogens is 340 g/mol. The summed E-state index contributed by atoms with van der Waals surface area (Å²) in [7, 11) is 0. The second-order valence-electron chi connectivity index (χ2n) is 7.42. The molecule has 6 heteroatoms. The van der Waals surface area contributed by atoms with E-state index in [4.69, 9.17) is 0 Å². The molecular formula is C21H26N4O2. The van der Waals surface area contributed by atoms with Crippen LogP contribution in [0.25, 0.3) is 0 Å². The maximum Gasteiger partial charge on any atom is 0.239 e. The van der Waals surface area contributed by atoms with Crippen molar-refractivity contribution in [3.8, 4) is 0 Å². The Bertz CT molecular complexity index is 812. The fourth-order valence-corrected chi connectivity index (χ4v) is 3.18. The number of aryl methyl sites for hydroxylation is 1. The van der Waals surface area contributed by atoms with E-state index in [9.17, 15) is 9.59 Å². The molecule has 1 aromatic heterocycles. The van der Waals surface area contributed by atoms with Crippen LogP contribution in [0.5, 0.6) is 0 Å². The highest BCUT2D eigenvalue weighted by atomic mass is 16.2. The molecule has 27 heavy (non-hydrogen) atoms. The first-order valence-electron chi connectivity index (χ1n) is 9.21. The van der Waals surface area contributed by atoms with E-state index < -0.39 is 5.41 Å². The zero-order valence-corrected chi connectivity index (χ0v) is 16.1. The number of carbonyl (C=O) groups is 2. The summed E-state index contributed by atoms with van der Waals surface area (Å²) in [6.07, 6.45) is 1.77. The number of nitrogens with one attached hydrogen (secondary N) is 1. The van der Waals surface area contributed by atoms with Crippen LogP contribution in [0, 0.1) is 12.3 Å². The molecule has 0 atom stereocenters. The van der Waals surface area contributed by atoms with Crippen molar-refractivity contribution in [1.82, 2.24) is 9.88 Å². The van der Waals surface area contributed by atoms with Crippen molar-refractivity contribution in [3.05, 3.63) is 54.2 Å². The Morgan fingerprint density at radius 3 is 2.41 bits per heavy atom. The second-order valence-corrected chi connectivity index (χ2v) is 7.42. The van der Waals surface area contributed by atoms with Crippen LogP contribution in [0.15, 0.2) is 48.7 Å². The number of aromatic nitrogens is 1. The minimum Gasteiger partial charge on any atom is -0.353 e. The maximum absolute atomic E-state index is 13.0. The molecule has 0 aliphatic carbocycles. The topological polar surface area (TPSA) is 65.5 Å². The van der Waals surface area contributed by atoms with Crippen LogP contribution in [0.4, 0.5) is 11.5 Å². The van der Waals surface area contributed by atoms with Crippen molar-refractivity contribution < 1.29 is 9.59 Å². The van der Waals surface area contributed by atoms with Gasteiger partial charge in [-0.2, -0.15) is 0 Å². The maximum atomic E-state index is 13.0. The first-order chi connectivity index (χ1) is 12.9. The Hall–Kier alpha value is -2.89. The largest absolute Gasteiger partial charge is 0.353 e. The van der Waals surface area contributed by atoms with Gasteiger partial charge in [-0.25, -0.2) is 4.98 Å². The lowest BCUT2D eigenvalue weighted by molar-refractivity contribution is -0.146. The Labute approximate surface area is 160 Å². The Morgan fingerprint density at radius 1 is 1.04 bits per heavy atom. The third-order valence-electron chi connectivity index (χ3n) is 4.92. The van der Waals surface area contributed by atoms with Gasteiger partial charge in [0.25, 0.3) is 0 Å². The SMILES string of the molecule is Cc1cccc(NC(=O)C(C)(C)C(=O)N2CCN(c3ccccn3)CC2)c1. The monoisotopic (exact) mass is 366 g/mol.